The summed E-state index contributed by atoms with van der Waals surface area (Å²) < 4.78 is 5.71. The maximum Gasteiger partial charge on any atom is 0.340 e. The normalized spacial score (nSPS) is 11.8. The summed E-state index contributed by atoms with van der Waals surface area (Å²) in [4.78, 5) is 23.7. The molecule has 0 bridgehead atoms. The van der Waals surface area contributed by atoms with Crippen LogP contribution < -0.4 is 11.1 Å². The number of rotatable bonds is 6. The van der Waals surface area contributed by atoms with Crippen LogP contribution in [0.1, 0.15) is 37.0 Å². The Hall–Kier alpha value is -1.56. The second-order valence-corrected chi connectivity index (χ2v) is 5.29. The van der Waals surface area contributed by atoms with E-state index >= 15 is 0 Å². The second-order valence-electron chi connectivity index (χ2n) is 4.43. The number of carbonyl (C=O) groups is 2. The van der Waals surface area contributed by atoms with Gasteiger partial charge in [-0.25, -0.2) is 4.79 Å². The number of hydrogen-bond acceptors (Lipinski definition) is 4. The Balaban J connectivity index is 2.61. The van der Waals surface area contributed by atoms with E-state index in [0.717, 1.165) is 12.8 Å². The molecular weight excluding hydrogens is 324 g/mol. The van der Waals surface area contributed by atoms with Gasteiger partial charge in [0.2, 0.25) is 0 Å². The topological polar surface area (TPSA) is 81.4 Å². The number of nitrogen functional groups attached to an aromatic ring is 1. The highest BCUT2D eigenvalue weighted by atomic mass is 79.9. The first-order valence-electron chi connectivity index (χ1n) is 6.49. The molecule has 0 saturated heterocycles. The predicted octanol–water partition coefficient (Wildman–Crippen LogP) is 2.49. The number of esters is 1. The molecule has 1 rings (SSSR count). The van der Waals surface area contributed by atoms with Crippen LogP contribution in [0.4, 0.5) is 5.69 Å². The van der Waals surface area contributed by atoms with E-state index in [9.17, 15) is 9.59 Å². The van der Waals surface area contributed by atoms with Gasteiger partial charge in [0, 0.05) is 16.7 Å². The fraction of sp³-hybridized carbons (Fsp3) is 0.429. The molecule has 20 heavy (non-hydrogen) atoms. The summed E-state index contributed by atoms with van der Waals surface area (Å²) in [5, 5.41) is 2.71. The maximum absolute atomic E-state index is 12.0. The van der Waals surface area contributed by atoms with Crippen molar-refractivity contribution < 1.29 is 14.3 Å². The molecule has 110 valence electrons. The highest BCUT2D eigenvalue weighted by Gasteiger charge is 2.20. The summed E-state index contributed by atoms with van der Waals surface area (Å²) in [5.41, 5.74) is 6.39. The van der Waals surface area contributed by atoms with Gasteiger partial charge in [-0.2, -0.15) is 0 Å². The molecule has 0 fully saturated rings. The van der Waals surface area contributed by atoms with Crippen molar-refractivity contribution in [1.82, 2.24) is 5.32 Å². The van der Waals surface area contributed by atoms with Crippen molar-refractivity contribution in [2.24, 2.45) is 0 Å². The molecule has 0 aliphatic heterocycles. The van der Waals surface area contributed by atoms with Crippen LogP contribution >= 0.6 is 15.9 Å². The fourth-order valence-corrected chi connectivity index (χ4v) is 1.92. The Kier molecular flexibility index (Phi) is 6.51. The minimum Gasteiger partial charge on any atom is -0.449 e. The Bertz CT molecular complexity index is 491. The van der Waals surface area contributed by atoms with Crippen LogP contribution in [-0.2, 0) is 9.53 Å². The molecule has 1 unspecified atom stereocenters. The molecule has 0 aliphatic carbocycles. The third kappa shape index (κ3) is 4.85. The van der Waals surface area contributed by atoms with Crippen molar-refractivity contribution in [2.45, 2.75) is 32.8 Å². The minimum absolute atomic E-state index is 0.299. The van der Waals surface area contributed by atoms with Gasteiger partial charge in [0.1, 0.15) is 0 Å². The number of nitrogens with one attached hydrogen (secondary N) is 1. The lowest BCUT2D eigenvalue weighted by atomic mass is 10.2. The van der Waals surface area contributed by atoms with Gasteiger partial charge >= 0.3 is 5.97 Å². The van der Waals surface area contributed by atoms with Crippen LogP contribution in [0.3, 0.4) is 0 Å². The van der Waals surface area contributed by atoms with Gasteiger partial charge in [0.25, 0.3) is 5.91 Å². The SMILES string of the molecule is CCCCNC(=O)C(C)OC(=O)c1cc(N)ccc1Br. The molecule has 0 aromatic heterocycles. The molecule has 5 nitrogen and oxygen atoms in total. The van der Waals surface area contributed by atoms with Crippen LogP contribution in [0.2, 0.25) is 0 Å². The Morgan fingerprint density at radius 1 is 1.45 bits per heavy atom. The first-order valence-corrected chi connectivity index (χ1v) is 7.28. The second kappa shape index (κ2) is 7.89. The third-order valence-corrected chi connectivity index (χ3v) is 3.38. The molecule has 3 N–H and O–H groups in total. The van der Waals surface area contributed by atoms with Crippen molar-refractivity contribution in [2.75, 3.05) is 12.3 Å². The molecule has 1 aromatic rings. The molecular formula is C14H19BrN2O3. The van der Waals surface area contributed by atoms with Crippen molar-refractivity contribution >= 4 is 33.5 Å². The number of nitrogens with two attached hydrogens (primary N) is 1. The first kappa shape index (κ1) is 16.5. The number of carbonyl (C=O) groups excluding carboxylic acids is 2. The van der Waals surface area contributed by atoms with Gasteiger partial charge in [-0.15, -0.1) is 0 Å². The zero-order chi connectivity index (χ0) is 15.1. The van der Waals surface area contributed by atoms with Crippen molar-refractivity contribution in [1.29, 1.82) is 0 Å². The summed E-state index contributed by atoms with van der Waals surface area (Å²) in [7, 11) is 0. The van der Waals surface area contributed by atoms with Crippen LogP contribution in [0.15, 0.2) is 22.7 Å². The first-order chi connectivity index (χ1) is 9.45. The van der Waals surface area contributed by atoms with E-state index < -0.39 is 12.1 Å². The number of unbranched alkanes of at least 4 members (excludes halogenated alkanes) is 1. The lowest BCUT2D eigenvalue weighted by Crippen LogP contribution is -2.36. The smallest absolute Gasteiger partial charge is 0.340 e. The average Bonchev–Trinajstić information content (AvgIpc) is 2.41. The number of hydrogen-bond donors (Lipinski definition) is 2. The van der Waals surface area contributed by atoms with E-state index in [1.54, 1.807) is 19.1 Å². The number of anilines is 1. The fourth-order valence-electron chi connectivity index (χ4n) is 1.51. The standard InChI is InChI=1S/C14H19BrN2O3/c1-3-4-7-17-13(18)9(2)20-14(19)11-8-10(16)5-6-12(11)15/h5-6,8-9H,3-4,7,16H2,1-2H3,(H,17,18). The van der Waals surface area contributed by atoms with E-state index in [1.807, 2.05) is 6.92 Å². The highest BCUT2D eigenvalue weighted by molar-refractivity contribution is 9.10. The minimum atomic E-state index is -0.840. The average molecular weight is 343 g/mol. The predicted molar refractivity (Wildman–Crippen MR) is 81.3 cm³/mol. The summed E-state index contributed by atoms with van der Waals surface area (Å²) in [5.74, 6) is -0.880. The zero-order valence-electron chi connectivity index (χ0n) is 11.6. The van der Waals surface area contributed by atoms with Crippen LogP contribution in [0.5, 0.6) is 0 Å². The molecule has 1 amide bonds. The van der Waals surface area contributed by atoms with Crippen LogP contribution in [-0.4, -0.2) is 24.5 Å². The van der Waals surface area contributed by atoms with Crippen molar-refractivity contribution in [3.63, 3.8) is 0 Å². The van der Waals surface area contributed by atoms with E-state index in [4.69, 9.17) is 10.5 Å². The van der Waals surface area contributed by atoms with E-state index in [0.29, 0.717) is 22.3 Å². The van der Waals surface area contributed by atoms with E-state index in [1.165, 1.54) is 6.07 Å². The van der Waals surface area contributed by atoms with E-state index in [2.05, 4.69) is 21.2 Å². The number of halogens is 1. The van der Waals surface area contributed by atoms with Gasteiger partial charge in [-0.1, -0.05) is 13.3 Å². The van der Waals surface area contributed by atoms with Gasteiger partial charge in [0.15, 0.2) is 6.10 Å². The zero-order valence-corrected chi connectivity index (χ0v) is 13.2. The van der Waals surface area contributed by atoms with Crippen molar-refractivity contribution in [3.8, 4) is 0 Å². The lowest BCUT2D eigenvalue weighted by molar-refractivity contribution is -0.129. The third-order valence-electron chi connectivity index (χ3n) is 2.69. The monoisotopic (exact) mass is 342 g/mol. The highest BCUT2D eigenvalue weighted by Crippen LogP contribution is 2.20. The molecule has 0 saturated carbocycles. The molecule has 1 aromatic carbocycles. The lowest BCUT2D eigenvalue weighted by Gasteiger charge is -2.14. The largest absolute Gasteiger partial charge is 0.449 e. The van der Waals surface area contributed by atoms with Gasteiger partial charge in [-0.05, 0) is 47.5 Å². The van der Waals surface area contributed by atoms with Gasteiger partial charge in [-0.3, -0.25) is 4.79 Å². The summed E-state index contributed by atoms with van der Waals surface area (Å²) in [6, 6.07) is 4.84. The molecule has 0 radical (unpaired) electrons. The molecule has 1 atom stereocenters. The molecule has 0 heterocycles. The Morgan fingerprint density at radius 3 is 2.80 bits per heavy atom. The van der Waals surface area contributed by atoms with Gasteiger partial charge < -0.3 is 15.8 Å². The quantitative estimate of drug-likeness (QED) is 0.472. The van der Waals surface area contributed by atoms with Gasteiger partial charge in [0.05, 0.1) is 5.56 Å². The summed E-state index contributed by atoms with van der Waals surface area (Å²) in [6.07, 6.45) is 1.05. The van der Waals surface area contributed by atoms with E-state index in [-0.39, 0.29) is 5.91 Å². The molecule has 6 heteroatoms. The molecule has 0 aliphatic rings. The van der Waals surface area contributed by atoms with Crippen LogP contribution in [0.25, 0.3) is 0 Å². The number of benzene rings is 1. The molecule has 0 spiro atoms. The summed E-state index contributed by atoms with van der Waals surface area (Å²) >= 11 is 3.25. The Morgan fingerprint density at radius 2 is 2.15 bits per heavy atom. The Labute approximate surface area is 127 Å². The summed E-state index contributed by atoms with van der Waals surface area (Å²) in [6.45, 7) is 4.16. The van der Waals surface area contributed by atoms with Crippen LogP contribution in [0, 0.1) is 0 Å². The maximum atomic E-state index is 12.0. The van der Waals surface area contributed by atoms with Crippen molar-refractivity contribution in [3.05, 3.63) is 28.2 Å². The number of amides is 1. The number of ether oxygens (including phenoxy) is 1.